The number of aliphatic carboxylic acids is 1. The normalized spacial score (nSPS) is 13.9. The molecule has 0 spiro atoms. The zero-order valence-electron chi connectivity index (χ0n) is 12.2. The molecule has 0 fully saturated rings. The van der Waals surface area contributed by atoms with Crippen molar-refractivity contribution in [1.82, 2.24) is 10.1 Å². The summed E-state index contributed by atoms with van der Waals surface area (Å²) in [5.74, 6) is -0.155. The lowest BCUT2D eigenvalue weighted by atomic mass is 9.96. The predicted molar refractivity (Wildman–Crippen MR) is 80.3 cm³/mol. The fourth-order valence-electron chi connectivity index (χ4n) is 1.72. The molecule has 2 unspecified atom stereocenters. The van der Waals surface area contributed by atoms with E-state index in [1.165, 1.54) is 5.56 Å². The van der Waals surface area contributed by atoms with Crippen molar-refractivity contribution in [1.29, 1.82) is 0 Å². The minimum atomic E-state index is -0.865. The second-order valence-corrected chi connectivity index (χ2v) is 6.11. The maximum Gasteiger partial charge on any atom is 0.307 e. The van der Waals surface area contributed by atoms with Gasteiger partial charge in [-0.3, -0.25) is 4.79 Å². The van der Waals surface area contributed by atoms with Crippen LogP contribution in [0, 0.1) is 12.8 Å². The Balaban J connectivity index is 1.97. The monoisotopic (exact) mass is 306 g/mol. The third-order valence-electron chi connectivity index (χ3n) is 3.40. The van der Waals surface area contributed by atoms with Gasteiger partial charge in [0, 0.05) is 10.8 Å². The van der Waals surface area contributed by atoms with Gasteiger partial charge < -0.3 is 9.63 Å². The Morgan fingerprint density at radius 1 is 1.33 bits per heavy atom. The molecule has 0 aliphatic heterocycles. The average Bonchev–Trinajstić information content (AvgIpc) is 2.94. The molecule has 0 bridgehead atoms. The van der Waals surface area contributed by atoms with Gasteiger partial charge in [-0.05, 0) is 19.1 Å². The Hall–Kier alpha value is -1.82. The number of nitrogens with zero attached hydrogens (tertiary/aromatic N) is 2. The van der Waals surface area contributed by atoms with E-state index in [0.29, 0.717) is 17.5 Å². The van der Waals surface area contributed by atoms with Crippen LogP contribution in [-0.4, -0.2) is 21.2 Å². The number of hydrogen-bond acceptors (Lipinski definition) is 5. The summed E-state index contributed by atoms with van der Waals surface area (Å²) in [6.45, 7) is 5.46. The molecule has 0 aliphatic carbocycles. The molecular formula is C15H18N2O3S. The van der Waals surface area contributed by atoms with Gasteiger partial charge in [0.2, 0.25) is 5.89 Å². The number of thioether (sulfide) groups is 1. The summed E-state index contributed by atoms with van der Waals surface area (Å²) in [4.78, 5) is 16.4. The highest BCUT2D eigenvalue weighted by Gasteiger charge is 2.25. The molecule has 0 saturated carbocycles. The van der Waals surface area contributed by atoms with Gasteiger partial charge in [0.15, 0.2) is 5.82 Å². The predicted octanol–water partition coefficient (Wildman–Crippen LogP) is 3.49. The van der Waals surface area contributed by atoms with Crippen LogP contribution in [0.4, 0.5) is 0 Å². The van der Waals surface area contributed by atoms with E-state index in [2.05, 4.69) is 34.4 Å². The van der Waals surface area contributed by atoms with E-state index in [4.69, 9.17) is 9.63 Å². The Labute approximate surface area is 127 Å². The number of carbonyl (C=O) groups is 1. The summed E-state index contributed by atoms with van der Waals surface area (Å²) >= 11 is 1.62. The van der Waals surface area contributed by atoms with Gasteiger partial charge in [-0.2, -0.15) is 4.98 Å². The molecule has 1 heterocycles. The SMILES string of the molecule is Cc1ccc(SCc2noc(C(C)C(C)C(=O)O)n2)cc1. The van der Waals surface area contributed by atoms with Crippen molar-refractivity contribution in [2.24, 2.45) is 5.92 Å². The van der Waals surface area contributed by atoms with E-state index in [0.717, 1.165) is 4.90 Å². The molecule has 0 aliphatic rings. The second-order valence-electron chi connectivity index (χ2n) is 5.07. The van der Waals surface area contributed by atoms with E-state index in [1.807, 2.05) is 6.92 Å². The highest BCUT2D eigenvalue weighted by atomic mass is 32.2. The number of carboxylic acid groups (broad SMARTS) is 1. The highest BCUT2D eigenvalue weighted by Crippen LogP contribution is 2.25. The lowest BCUT2D eigenvalue weighted by Crippen LogP contribution is -2.16. The smallest absolute Gasteiger partial charge is 0.307 e. The maximum atomic E-state index is 11.0. The van der Waals surface area contributed by atoms with Crippen molar-refractivity contribution in [2.45, 2.75) is 37.3 Å². The van der Waals surface area contributed by atoms with Crippen molar-refractivity contribution in [3.63, 3.8) is 0 Å². The average molecular weight is 306 g/mol. The number of rotatable bonds is 6. The van der Waals surface area contributed by atoms with E-state index in [1.54, 1.807) is 25.6 Å². The first kappa shape index (κ1) is 15.6. The van der Waals surface area contributed by atoms with Crippen LogP contribution in [0.2, 0.25) is 0 Å². The van der Waals surface area contributed by atoms with Crippen molar-refractivity contribution < 1.29 is 14.4 Å². The first-order valence-corrected chi connectivity index (χ1v) is 7.70. The van der Waals surface area contributed by atoms with Crippen LogP contribution in [0.15, 0.2) is 33.7 Å². The van der Waals surface area contributed by atoms with E-state index < -0.39 is 11.9 Å². The maximum absolute atomic E-state index is 11.0. The zero-order chi connectivity index (χ0) is 15.4. The number of benzene rings is 1. The van der Waals surface area contributed by atoms with E-state index in [9.17, 15) is 4.79 Å². The molecule has 112 valence electrons. The molecule has 1 aromatic carbocycles. The molecule has 21 heavy (non-hydrogen) atoms. The molecule has 2 aromatic rings. The summed E-state index contributed by atoms with van der Waals surface area (Å²) < 4.78 is 5.17. The number of aromatic nitrogens is 2. The van der Waals surface area contributed by atoms with Gasteiger partial charge >= 0.3 is 5.97 Å². The third kappa shape index (κ3) is 4.07. The van der Waals surface area contributed by atoms with Gasteiger partial charge in [-0.25, -0.2) is 0 Å². The summed E-state index contributed by atoms with van der Waals surface area (Å²) in [5.41, 5.74) is 1.22. The van der Waals surface area contributed by atoms with Gasteiger partial charge in [-0.15, -0.1) is 11.8 Å². The fraction of sp³-hybridized carbons (Fsp3) is 0.400. The highest BCUT2D eigenvalue weighted by molar-refractivity contribution is 7.98. The molecule has 1 N–H and O–H groups in total. The zero-order valence-corrected chi connectivity index (χ0v) is 13.1. The largest absolute Gasteiger partial charge is 0.481 e. The van der Waals surface area contributed by atoms with Crippen LogP contribution in [0.5, 0.6) is 0 Å². The van der Waals surface area contributed by atoms with Crippen LogP contribution in [0.1, 0.15) is 37.0 Å². The second kappa shape index (κ2) is 6.76. The standard InChI is InChI=1S/C15H18N2O3S/c1-9-4-6-12(7-5-9)21-8-13-16-14(20-17-13)10(2)11(3)15(18)19/h4-7,10-11H,8H2,1-3H3,(H,18,19). The minimum absolute atomic E-state index is 0.298. The van der Waals surface area contributed by atoms with E-state index in [-0.39, 0.29) is 5.92 Å². The van der Waals surface area contributed by atoms with Gasteiger partial charge in [-0.1, -0.05) is 36.7 Å². The molecule has 0 saturated heterocycles. The summed E-state index contributed by atoms with van der Waals surface area (Å²) in [6, 6.07) is 8.22. The van der Waals surface area contributed by atoms with Crippen molar-refractivity contribution in [3.8, 4) is 0 Å². The van der Waals surface area contributed by atoms with E-state index >= 15 is 0 Å². The Bertz CT molecular complexity index is 610. The van der Waals surface area contributed by atoms with Crippen LogP contribution in [0.25, 0.3) is 0 Å². The molecule has 0 amide bonds. The molecule has 0 radical (unpaired) electrons. The third-order valence-corrected chi connectivity index (χ3v) is 4.41. The van der Waals surface area contributed by atoms with Gasteiger partial charge in [0.05, 0.1) is 11.7 Å². The lowest BCUT2D eigenvalue weighted by Gasteiger charge is -2.10. The number of carboxylic acids is 1. The van der Waals surface area contributed by atoms with Crippen molar-refractivity contribution >= 4 is 17.7 Å². The molecule has 1 aromatic heterocycles. The summed E-state index contributed by atoms with van der Waals surface area (Å²) in [5, 5.41) is 12.9. The quantitative estimate of drug-likeness (QED) is 0.823. The summed E-state index contributed by atoms with van der Waals surface area (Å²) in [7, 11) is 0. The Morgan fingerprint density at radius 2 is 2.00 bits per heavy atom. The Kier molecular flexibility index (Phi) is 5.01. The fourth-order valence-corrected chi connectivity index (χ4v) is 2.46. The minimum Gasteiger partial charge on any atom is -0.481 e. The van der Waals surface area contributed by atoms with Crippen LogP contribution in [-0.2, 0) is 10.5 Å². The van der Waals surface area contributed by atoms with Crippen LogP contribution in [0.3, 0.4) is 0 Å². The number of hydrogen-bond donors (Lipinski definition) is 1. The van der Waals surface area contributed by atoms with Crippen molar-refractivity contribution in [3.05, 3.63) is 41.5 Å². The lowest BCUT2D eigenvalue weighted by molar-refractivity contribution is -0.141. The molecular weight excluding hydrogens is 288 g/mol. The number of aryl methyl sites for hydroxylation is 1. The molecule has 2 atom stereocenters. The van der Waals surface area contributed by atoms with Crippen molar-refractivity contribution in [2.75, 3.05) is 0 Å². The Morgan fingerprint density at radius 3 is 2.62 bits per heavy atom. The molecule has 5 nitrogen and oxygen atoms in total. The molecule has 2 rings (SSSR count). The summed E-state index contributed by atoms with van der Waals surface area (Å²) in [6.07, 6.45) is 0. The van der Waals surface area contributed by atoms with Gasteiger partial charge in [0.25, 0.3) is 0 Å². The van der Waals surface area contributed by atoms with Crippen LogP contribution < -0.4 is 0 Å². The first-order valence-electron chi connectivity index (χ1n) is 6.72. The van der Waals surface area contributed by atoms with Gasteiger partial charge in [0.1, 0.15) is 0 Å². The first-order chi connectivity index (χ1) is 9.97. The van der Waals surface area contributed by atoms with Crippen LogP contribution >= 0.6 is 11.8 Å². The topological polar surface area (TPSA) is 76.2 Å². The molecule has 6 heteroatoms.